The van der Waals surface area contributed by atoms with Crippen LogP contribution in [0.3, 0.4) is 0 Å². The van der Waals surface area contributed by atoms with Crippen molar-refractivity contribution in [3.05, 3.63) is 70.8 Å². The Morgan fingerprint density at radius 1 is 1.03 bits per heavy atom. The lowest BCUT2D eigenvalue weighted by Crippen LogP contribution is -2.54. The van der Waals surface area contributed by atoms with E-state index in [1.54, 1.807) is 24.3 Å². The minimum atomic E-state index is -1.52. The first-order valence-electron chi connectivity index (χ1n) is 12.5. The van der Waals surface area contributed by atoms with E-state index in [2.05, 4.69) is 22.5 Å². The van der Waals surface area contributed by atoms with Crippen LogP contribution in [0, 0.1) is 11.8 Å². The number of rotatable bonds is 10. The van der Waals surface area contributed by atoms with E-state index in [1.165, 1.54) is 19.6 Å². The molecule has 38 heavy (non-hydrogen) atoms. The normalized spacial score (nSPS) is 13.3. The number of benzene rings is 2. The van der Waals surface area contributed by atoms with E-state index in [0.717, 1.165) is 55.0 Å². The van der Waals surface area contributed by atoms with Crippen molar-refractivity contribution < 1.29 is 24.4 Å². The standard InChI is InChI=1S/C28H33N5O5/c1-29-26(35)25(27(36)31-38)32(2)28(37)23-14-12-21(13-15-23)7-6-20-8-10-22(11-9-20)19-30-16-4-18-33-17-3-5-24(33)34/h8-15,25,30,38H,3-5,16-19H2,1-2H3,(H,29,35)(H,31,36). The van der Waals surface area contributed by atoms with Crippen molar-refractivity contribution in [2.24, 2.45) is 0 Å². The van der Waals surface area contributed by atoms with Crippen LogP contribution in [0.4, 0.5) is 0 Å². The predicted molar refractivity (Wildman–Crippen MR) is 141 cm³/mol. The fraction of sp³-hybridized carbons (Fsp3) is 0.357. The molecule has 1 fully saturated rings. The molecular weight excluding hydrogens is 486 g/mol. The third-order valence-electron chi connectivity index (χ3n) is 6.28. The first-order chi connectivity index (χ1) is 18.3. The molecule has 0 saturated carbocycles. The molecule has 3 rings (SSSR count). The second kappa shape index (κ2) is 13.9. The van der Waals surface area contributed by atoms with Crippen LogP contribution in [-0.2, 0) is 20.9 Å². The van der Waals surface area contributed by atoms with E-state index in [9.17, 15) is 19.2 Å². The Bertz CT molecular complexity index is 1180. The largest absolute Gasteiger partial charge is 0.357 e. The van der Waals surface area contributed by atoms with Gasteiger partial charge in [-0.1, -0.05) is 24.0 Å². The second-order valence-electron chi connectivity index (χ2n) is 8.95. The second-order valence-corrected chi connectivity index (χ2v) is 8.95. The van der Waals surface area contributed by atoms with E-state index >= 15 is 0 Å². The predicted octanol–water partition coefficient (Wildman–Crippen LogP) is 0.881. The van der Waals surface area contributed by atoms with Crippen molar-refractivity contribution in [2.45, 2.75) is 31.8 Å². The highest BCUT2D eigenvalue weighted by Crippen LogP contribution is 2.11. The summed E-state index contributed by atoms with van der Waals surface area (Å²) in [7, 11) is 2.64. The number of carbonyl (C=O) groups excluding carboxylic acids is 4. The van der Waals surface area contributed by atoms with Crippen LogP contribution in [0.15, 0.2) is 48.5 Å². The first kappa shape index (κ1) is 28.4. The number of nitrogens with zero attached hydrogens (tertiary/aromatic N) is 2. The molecule has 4 amide bonds. The van der Waals surface area contributed by atoms with Crippen molar-refractivity contribution in [1.82, 2.24) is 25.9 Å². The van der Waals surface area contributed by atoms with Gasteiger partial charge in [-0.25, -0.2) is 5.48 Å². The van der Waals surface area contributed by atoms with Crippen LogP contribution in [0.2, 0.25) is 0 Å². The van der Waals surface area contributed by atoms with Crippen LogP contribution in [0.25, 0.3) is 0 Å². The first-order valence-corrected chi connectivity index (χ1v) is 12.5. The lowest BCUT2D eigenvalue weighted by atomic mass is 10.1. The summed E-state index contributed by atoms with van der Waals surface area (Å²) in [4.78, 5) is 51.2. The quantitative estimate of drug-likeness (QED) is 0.121. The molecule has 10 heteroatoms. The van der Waals surface area contributed by atoms with E-state index in [1.807, 2.05) is 29.2 Å². The summed E-state index contributed by atoms with van der Waals surface area (Å²) in [5.41, 5.74) is 4.37. The van der Waals surface area contributed by atoms with Crippen LogP contribution in [0.5, 0.6) is 0 Å². The molecule has 0 bridgehead atoms. The third-order valence-corrected chi connectivity index (χ3v) is 6.28. The highest BCUT2D eigenvalue weighted by molar-refractivity contribution is 6.08. The molecule has 2 aromatic carbocycles. The van der Waals surface area contributed by atoms with Gasteiger partial charge in [0.1, 0.15) is 0 Å². The van der Waals surface area contributed by atoms with Crippen molar-refractivity contribution >= 4 is 23.6 Å². The number of carbonyl (C=O) groups is 4. The Hall–Kier alpha value is -4.20. The Kier molecular flexibility index (Phi) is 10.4. The number of likely N-dealkylation sites (tertiary alicyclic amines) is 1. The van der Waals surface area contributed by atoms with Crippen LogP contribution in [-0.4, -0.2) is 78.4 Å². The van der Waals surface area contributed by atoms with E-state index in [-0.39, 0.29) is 11.5 Å². The SMILES string of the molecule is CNC(=O)C(C(=O)NO)N(C)C(=O)c1ccc(C#Cc2ccc(CNCCCN3CCCC3=O)cc2)cc1. The van der Waals surface area contributed by atoms with Gasteiger partial charge in [0.05, 0.1) is 0 Å². The van der Waals surface area contributed by atoms with Crippen molar-refractivity contribution in [3.63, 3.8) is 0 Å². The van der Waals surface area contributed by atoms with Gasteiger partial charge in [-0.15, -0.1) is 0 Å². The maximum atomic E-state index is 12.8. The molecule has 0 spiro atoms. The highest BCUT2D eigenvalue weighted by atomic mass is 16.5. The van der Waals surface area contributed by atoms with Crippen molar-refractivity contribution in [3.8, 4) is 11.8 Å². The molecule has 1 atom stereocenters. The molecule has 1 aliphatic rings. The molecule has 0 radical (unpaired) electrons. The van der Waals surface area contributed by atoms with Crippen molar-refractivity contribution in [1.29, 1.82) is 0 Å². The molecule has 200 valence electrons. The summed E-state index contributed by atoms with van der Waals surface area (Å²) in [5, 5.41) is 14.6. The molecule has 0 aliphatic carbocycles. The molecule has 1 aliphatic heterocycles. The maximum absolute atomic E-state index is 12.8. The third kappa shape index (κ3) is 7.65. The van der Waals surface area contributed by atoms with Gasteiger partial charge >= 0.3 is 0 Å². The summed E-state index contributed by atoms with van der Waals surface area (Å²) in [6.45, 7) is 3.28. The molecule has 2 aromatic rings. The van der Waals surface area contributed by atoms with E-state index < -0.39 is 23.8 Å². The number of amides is 4. The molecule has 1 heterocycles. The average Bonchev–Trinajstić information content (AvgIpc) is 3.36. The van der Waals surface area contributed by atoms with E-state index in [0.29, 0.717) is 12.0 Å². The molecule has 4 N–H and O–H groups in total. The van der Waals surface area contributed by atoms with Crippen LogP contribution in [0.1, 0.15) is 46.3 Å². The van der Waals surface area contributed by atoms with Gasteiger partial charge in [0.2, 0.25) is 5.91 Å². The molecule has 0 aromatic heterocycles. The van der Waals surface area contributed by atoms with Crippen LogP contribution >= 0.6 is 0 Å². The van der Waals surface area contributed by atoms with Gasteiger partial charge in [-0.3, -0.25) is 24.4 Å². The molecule has 10 nitrogen and oxygen atoms in total. The monoisotopic (exact) mass is 519 g/mol. The number of hydrogen-bond donors (Lipinski definition) is 4. The lowest BCUT2D eigenvalue weighted by molar-refractivity contribution is -0.140. The fourth-order valence-electron chi connectivity index (χ4n) is 4.10. The zero-order chi connectivity index (χ0) is 27.5. The number of hydroxylamine groups is 1. The highest BCUT2D eigenvalue weighted by Gasteiger charge is 2.33. The van der Waals surface area contributed by atoms with Gasteiger partial charge in [-0.2, -0.15) is 0 Å². The van der Waals surface area contributed by atoms with Gasteiger partial charge in [-0.05, 0) is 61.3 Å². The summed E-state index contributed by atoms with van der Waals surface area (Å²) in [6, 6.07) is 12.9. The smallest absolute Gasteiger partial charge is 0.275 e. The van der Waals surface area contributed by atoms with E-state index in [4.69, 9.17) is 5.21 Å². The zero-order valence-corrected chi connectivity index (χ0v) is 21.6. The van der Waals surface area contributed by atoms with Gasteiger partial charge < -0.3 is 20.4 Å². The topological polar surface area (TPSA) is 131 Å². The van der Waals surface area contributed by atoms with Crippen LogP contribution < -0.4 is 16.1 Å². The lowest BCUT2D eigenvalue weighted by Gasteiger charge is -2.25. The average molecular weight is 520 g/mol. The van der Waals surface area contributed by atoms with Crippen molar-refractivity contribution in [2.75, 3.05) is 33.7 Å². The summed E-state index contributed by atoms with van der Waals surface area (Å²) in [5.74, 6) is 4.12. The molecule has 1 saturated heterocycles. The minimum absolute atomic E-state index is 0.263. The minimum Gasteiger partial charge on any atom is -0.357 e. The Balaban J connectivity index is 1.50. The zero-order valence-electron chi connectivity index (χ0n) is 21.6. The van der Waals surface area contributed by atoms with Gasteiger partial charge in [0, 0.05) is 56.8 Å². The van der Waals surface area contributed by atoms with Gasteiger partial charge in [0.15, 0.2) is 6.04 Å². The number of likely N-dealkylation sites (N-methyl/N-ethyl adjacent to an activating group) is 2. The Morgan fingerprint density at radius 2 is 1.66 bits per heavy atom. The Morgan fingerprint density at radius 3 is 2.21 bits per heavy atom. The summed E-state index contributed by atoms with van der Waals surface area (Å²) >= 11 is 0. The Labute approximate surface area is 222 Å². The summed E-state index contributed by atoms with van der Waals surface area (Å²) < 4.78 is 0. The molecular formula is C28H33N5O5. The number of nitrogens with one attached hydrogen (secondary N) is 3. The fourth-order valence-corrected chi connectivity index (χ4v) is 4.10. The number of hydrogen-bond acceptors (Lipinski definition) is 6. The van der Waals surface area contributed by atoms with Gasteiger partial charge in [0.25, 0.3) is 17.7 Å². The molecule has 1 unspecified atom stereocenters. The summed E-state index contributed by atoms with van der Waals surface area (Å²) in [6.07, 6.45) is 2.58. The maximum Gasteiger partial charge on any atom is 0.275 e.